The van der Waals surface area contributed by atoms with E-state index in [4.69, 9.17) is 17.2 Å². The molecule has 14 atom stereocenters. The van der Waals surface area contributed by atoms with Crippen molar-refractivity contribution < 1.29 is 86.9 Å². The average Bonchev–Trinajstić information content (AvgIpc) is 1.69. The number of aromatic amines is 4. The molecule has 1 aliphatic carbocycles. The van der Waals surface area contributed by atoms with Crippen molar-refractivity contribution >= 4 is 127 Å². The first kappa shape index (κ1) is 91.6. The summed E-state index contributed by atoms with van der Waals surface area (Å²) < 4.78 is 0. The number of fused-ring (bicyclic) bond motifs is 3. The van der Waals surface area contributed by atoms with Crippen LogP contribution in [-0.2, 0) is 102 Å². The van der Waals surface area contributed by atoms with Crippen molar-refractivity contribution in [3.05, 3.63) is 149 Å². The van der Waals surface area contributed by atoms with Crippen LogP contribution in [-0.4, -0.2) is 226 Å². The van der Waals surface area contributed by atoms with Crippen LogP contribution >= 0.6 is 0 Å². The van der Waals surface area contributed by atoms with Gasteiger partial charge < -0.3 is 116 Å². The van der Waals surface area contributed by atoms with E-state index in [-0.39, 0.29) is 69.3 Å². The summed E-state index contributed by atoms with van der Waals surface area (Å²) in [7, 11) is 0. The number of likely N-dealkylation sites (tertiary alicyclic amines) is 1. The number of rotatable bonds is 28. The standard InChI is InChI=1S/C84H107N21O18/c1-6-42(3)71(103-83(122)72(43(4)106)104-81(120)60(94-44(5)107)30-47-37-90-54-18-11-8-15-51(47)54)82(121)96-57-24-25-69(110)89-27-26-58(76(115)102-65(84(123)105-28-14-21-66(105)74(87)113)32-49-39-92-56-20-13-10-17-53(49)56)95-73(46-23-22-45(7-2)29-46)59(36-70(111)112)97-78(117)62(33-50-40-88-41-93-50)99-77(116)61(31-48-38-91-55-19-12-9-16-52(48)55)98-79(118)64(35-68(86)109)101-80(119)63(34-67(85)108)100-75(57)114/h7-13,15-20,37-43,57-66,71-72,90-92,95,106H,6,14,21-36H2,1-5H3,(H2,85,108)(H2,86,109)(H2,87,113)(H,88,93)(H,89,110)(H,94,107)(H,96,121)(H,97,117)(H,98,118)(H,99,116)(H,100,114)(H,101,119)(H,102,115)(H,103,122)(H,104,120)(H,111,112)/b45-7+,73-46-/t42-,43+,57-,58-,59-,60-,61-,62-,63-,64-,65-,66-,71-,72-/m0/s1. The zero-order valence-electron chi connectivity index (χ0n) is 68.8. The van der Waals surface area contributed by atoms with Gasteiger partial charge >= 0.3 is 5.97 Å². The first-order valence-electron chi connectivity index (χ1n) is 40.8. The predicted octanol–water partition coefficient (Wildman–Crippen LogP) is -1.24. The van der Waals surface area contributed by atoms with E-state index in [1.54, 1.807) is 112 Å². The second kappa shape index (κ2) is 42.5. The number of carboxylic acids is 1. The number of carbonyl (C=O) groups excluding carboxylic acids is 15. The Balaban J connectivity index is 1.04. The molecule has 2 aliphatic heterocycles. The molecule has 24 N–H and O–H groups in total. The lowest BCUT2D eigenvalue weighted by Gasteiger charge is -2.32. The summed E-state index contributed by atoms with van der Waals surface area (Å²) in [6, 6.07) is 1.19. The Kier molecular flexibility index (Phi) is 31.6. The van der Waals surface area contributed by atoms with Crippen molar-refractivity contribution in [2.24, 2.45) is 23.1 Å². The van der Waals surface area contributed by atoms with Gasteiger partial charge in [-0.15, -0.1) is 0 Å². The molecule has 39 nitrogen and oxygen atoms in total. The van der Waals surface area contributed by atoms with E-state index < -0.39 is 224 Å². The van der Waals surface area contributed by atoms with Gasteiger partial charge in [0.05, 0.1) is 37.7 Å². The summed E-state index contributed by atoms with van der Waals surface area (Å²) in [6.45, 7) is 6.98. The molecule has 3 aliphatic rings. The van der Waals surface area contributed by atoms with E-state index in [0.29, 0.717) is 56.9 Å². The third kappa shape index (κ3) is 24.5. The summed E-state index contributed by atoms with van der Waals surface area (Å²) in [5.41, 5.74) is 22.6. The van der Waals surface area contributed by atoms with Crippen LogP contribution in [0.25, 0.3) is 32.7 Å². The van der Waals surface area contributed by atoms with Crippen LogP contribution in [0, 0.1) is 5.92 Å². The highest BCUT2D eigenvalue weighted by Gasteiger charge is 2.42. The lowest BCUT2D eigenvalue weighted by Crippen LogP contribution is -2.62. The molecular formula is C84H107N21O18. The molecule has 39 heteroatoms. The number of nitrogens with two attached hydrogens (primary N) is 3. The summed E-state index contributed by atoms with van der Waals surface area (Å²) in [6.07, 6.45) is 3.49. The number of hydrogen-bond acceptors (Lipinski definition) is 19. The number of nitrogens with one attached hydrogen (secondary N) is 16. The molecule has 656 valence electrons. The van der Waals surface area contributed by atoms with E-state index in [1.165, 1.54) is 31.3 Å². The molecule has 2 saturated heterocycles. The second-order valence-electron chi connectivity index (χ2n) is 31.3. The molecule has 0 spiro atoms. The number of amides is 15. The Morgan fingerprint density at radius 1 is 0.585 bits per heavy atom. The maximum atomic E-state index is 15.8. The number of nitrogens with zero attached hydrogens (tertiary/aromatic N) is 2. The normalized spacial score (nSPS) is 22.4. The van der Waals surface area contributed by atoms with Gasteiger partial charge in [0, 0.05) is 121 Å². The van der Waals surface area contributed by atoms with Crippen molar-refractivity contribution in [2.75, 3.05) is 13.1 Å². The molecule has 123 heavy (non-hydrogen) atoms. The summed E-state index contributed by atoms with van der Waals surface area (Å²) in [4.78, 5) is 249. The number of aliphatic carboxylic acids is 1. The first-order valence-corrected chi connectivity index (χ1v) is 40.8. The maximum Gasteiger partial charge on any atom is 0.305 e. The Morgan fingerprint density at radius 2 is 1.12 bits per heavy atom. The topological polar surface area (TPSA) is 615 Å². The Bertz CT molecular complexity index is 5160. The quantitative estimate of drug-likeness (QED) is 0.0255. The fraction of sp³-hybridized carbons (Fsp3) is 0.440. The number of carboxylic acid groups (broad SMARTS) is 1. The molecule has 6 heterocycles. The number of benzene rings is 3. The minimum absolute atomic E-state index is 0.0105. The predicted molar refractivity (Wildman–Crippen MR) is 447 cm³/mol. The number of allylic oxidation sites excluding steroid dienone is 3. The number of para-hydroxylation sites is 3. The van der Waals surface area contributed by atoms with Crippen LogP contribution in [0.4, 0.5) is 0 Å². The van der Waals surface area contributed by atoms with Gasteiger partial charge in [0.25, 0.3) is 0 Å². The third-order valence-corrected chi connectivity index (χ3v) is 22.4. The maximum absolute atomic E-state index is 15.8. The Morgan fingerprint density at radius 3 is 1.66 bits per heavy atom. The second-order valence-corrected chi connectivity index (χ2v) is 31.3. The van der Waals surface area contributed by atoms with Crippen molar-refractivity contribution in [1.82, 2.24) is 93.6 Å². The molecule has 4 aromatic heterocycles. The van der Waals surface area contributed by atoms with Crippen molar-refractivity contribution in [3.63, 3.8) is 0 Å². The molecule has 0 radical (unpaired) electrons. The summed E-state index contributed by atoms with van der Waals surface area (Å²) >= 11 is 0. The van der Waals surface area contributed by atoms with Gasteiger partial charge in [0.15, 0.2) is 0 Å². The smallest absolute Gasteiger partial charge is 0.305 e. The molecule has 1 saturated carbocycles. The van der Waals surface area contributed by atoms with E-state index in [1.807, 2.05) is 6.08 Å². The van der Waals surface area contributed by atoms with E-state index in [0.717, 1.165) is 16.5 Å². The van der Waals surface area contributed by atoms with E-state index >= 15 is 33.6 Å². The lowest BCUT2D eigenvalue weighted by atomic mass is 9.96. The van der Waals surface area contributed by atoms with Crippen molar-refractivity contribution in [2.45, 2.75) is 216 Å². The van der Waals surface area contributed by atoms with Crippen LogP contribution in [0.15, 0.2) is 127 Å². The molecule has 3 fully saturated rings. The summed E-state index contributed by atoms with van der Waals surface area (Å²) in [5.74, 6) is -17.8. The van der Waals surface area contributed by atoms with E-state index in [9.17, 15) is 53.4 Å². The number of aromatic nitrogens is 5. The minimum atomic E-state index is -2.10. The Hall–Kier alpha value is -13.8. The highest BCUT2D eigenvalue weighted by Crippen LogP contribution is 2.34. The van der Waals surface area contributed by atoms with Gasteiger partial charge in [0.1, 0.15) is 66.5 Å². The van der Waals surface area contributed by atoms with Gasteiger partial charge in [0.2, 0.25) is 88.6 Å². The first-order chi connectivity index (χ1) is 58.7. The van der Waals surface area contributed by atoms with Crippen molar-refractivity contribution in [1.29, 1.82) is 0 Å². The van der Waals surface area contributed by atoms with Crippen LogP contribution in [0.3, 0.4) is 0 Å². The molecule has 0 bridgehead atoms. The molecule has 15 amide bonds. The molecule has 10 rings (SSSR count). The number of aliphatic hydroxyl groups excluding tert-OH is 1. The lowest BCUT2D eigenvalue weighted by molar-refractivity contribution is -0.140. The Labute approximate surface area is 706 Å². The third-order valence-electron chi connectivity index (χ3n) is 22.4. The molecule has 0 unspecified atom stereocenters. The number of carbonyl (C=O) groups is 16. The SMILES string of the molecule is C/C=C1\CC/C(=C2/N[C@H](C(=O)N[C@@H](Cc3c[nH]c4ccccc34)C(=O)N3CCC[C@H]3C(N)=O)CCNC(=O)CC[C@H](NC(=O)[C@@H](NC(=O)[C@@H](NC(=O)[C@H](Cc3c[nH]c4ccccc34)NC(C)=O)[C@@H](C)O)[C@@H](C)CC)C(=O)N[C@@H](CC(N)=O)C(=O)N[C@@H](CC(N)=O)C(=O)N[C@@H](Cc3c[nH]c4ccccc34)C(=O)N[C@@H](Cc3cnc[nH]3)C(=O)N[C@H]2CC(=O)O)C1. The zero-order chi connectivity index (χ0) is 88.9. The van der Waals surface area contributed by atoms with Gasteiger partial charge in [-0.3, -0.25) is 76.7 Å². The minimum Gasteiger partial charge on any atom is -0.481 e. The largest absolute Gasteiger partial charge is 0.481 e. The average molecular weight is 1700 g/mol. The number of imidazole rings is 1. The van der Waals surface area contributed by atoms with E-state index in [2.05, 4.69) is 88.7 Å². The van der Waals surface area contributed by atoms with Gasteiger partial charge in [-0.2, -0.15) is 0 Å². The highest BCUT2D eigenvalue weighted by molar-refractivity contribution is 6.02. The van der Waals surface area contributed by atoms with Crippen LogP contribution in [0.2, 0.25) is 0 Å². The van der Waals surface area contributed by atoms with Crippen LogP contribution in [0.5, 0.6) is 0 Å². The highest BCUT2D eigenvalue weighted by atomic mass is 16.4. The zero-order valence-corrected chi connectivity index (χ0v) is 68.8. The number of hydrogen-bond donors (Lipinski definition) is 21. The number of primary amides is 3. The summed E-state index contributed by atoms with van der Waals surface area (Å²) in [5, 5.41) is 56.0. The fourth-order valence-electron chi connectivity index (χ4n) is 15.6. The van der Waals surface area contributed by atoms with Gasteiger partial charge in [-0.1, -0.05) is 86.5 Å². The van der Waals surface area contributed by atoms with Crippen LogP contribution < -0.4 is 81.0 Å². The van der Waals surface area contributed by atoms with Gasteiger partial charge in [-0.25, -0.2) is 4.98 Å². The van der Waals surface area contributed by atoms with Crippen molar-refractivity contribution in [3.8, 4) is 0 Å². The number of aliphatic hydroxyl groups is 1. The monoisotopic (exact) mass is 1700 g/mol. The molecule has 3 aromatic carbocycles. The molecule has 7 aromatic rings. The molecular weight excluding hydrogens is 1590 g/mol. The van der Waals surface area contributed by atoms with Crippen LogP contribution in [0.1, 0.15) is 134 Å². The fourth-order valence-corrected chi connectivity index (χ4v) is 15.6. The van der Waals surface area contributed by atoms with Gasteiger partial charge in [-0.05, 0) is 105 Å². The number of H-pyrrole nitrogens is 4.